The minimum atomic E-state index is -3.32. The summed E-state index contributed by atoms with van der Waals surface area (Å²) >= 11 is 0. The van der Waals surface area contributed by atoms with Gasteiger partial charge in [-0.3, -0.25) is 0 Å². The van der Waals surface area contributed by atoms with Crippen LogP contribution in [-0.2, 0) is 36.0 Å². The minimum absolute atomic E-state index is 0.0378. The van der Waals surface area contributed by atoms with Crippen molar-refractivity contribution in [1.29, 1.82) is 0 Å². The predicted octanol–water partition coefficient (Wildman–Crippen LogP) is 1.29. The second kappa shape index (κ2) is 6.32. The molecular formula is C17H19F3N4O2S. The zero-order chi connectivity index (χ0) is 19.5. The van der Waals surface area contributed by atoms with Gasteiger partial charge in [-0.05, 0) is 18.1 Å². The average Bonchev–Trinajstić information content (AvgIpc) is 2.93. The number of benzene rings is 1. The Kier molecular flexibility index (Phi) is 4.32. The first-order valence-electron chi connectivity index (χ1n) is 8.57. The van der Waals surface area contributed by atoms with E-state index < -0.39 is 39.4 Å². The van der Waals surface area contributed by atoms with Gasteiger partial charge in [0.2, 0.25) is 10.0 Å². The van der Waals surface area contributed by atoms with Crippen LogP contribution in [0.1, 0.15) is 28.7 Å². The highest BCUT2D eigenvalue weighted by atomic mass is 32.2. The van der Waals surface area contributed by atoms with Crippen molar-refractivity contribution in [3.63, 3.8) is 0 Å². The van der Waals surface area contributed by atoms with Crippen molar-refractivity contribution in [2.75, 3.05) is 12.8 Å². The summed E-state index contributed by atoms with van der Waals surface area (Å²) < 4.78 is 68.0. The second-order valence-electron chi connectivity index (χ2n) is 7.14. The van der Waals surface area contributed by atoms with Gasteiger partial charge in [-0.15, -0.1) is 0 Å². The van der Waals surface area contributed by atoms with Crippen LogP contribution in [0.15, 0.2) is 12.1 Å². The lowest BCUT2D eigenvalue weighted by Crippen LogP contribution is -2.40. The highest BCUT2D eigenvalue weighted by Gasteiger charge is 2.35. The molecule has 1 aliphatic heterocycles. The Morgan fingerprint density at radius 1 is 1.11 bits per heavy atom. The highest BCUT2D eigenvalue weighted by molar-refractivity contribution is 7.88. The molecule has 1 aromatic heterocycles. The Balaban J connectivity index is 1.68. The van der Waals surface area contributed by atoms with Crippen molar-refractivity contribution < 1.29 is 21.6 Å². The molecule has 2 aromatic rings. The lowest BCUT2D eigenvalue weighted by Gasteiger charge is -2.31. The van der Waals surface area contributed by atoms with Gasteiger partial charge in [0.05, 0.1) is 18.5 Å². The largest absolute Gasteiger partial charge is 0.329 e. The summed E-state index contributed by atoms with van der Waals surface area (Å²) in [6, 6.07) is 0.919. The molecule has 0 fully saturated rings. The van der Waals surface area contributed by atoms with Crippen molar-refractivity contribution in [1.82, 2.24) is 13.9 Å². The van der Waals surface area contributed by atoms with Gasteiger partial charge in [0, 0.05) is 43.2 Å². The van der Waals surface area contributed by atoms with Gasteiger partial charge in [0.25, 0.3) is 0 Å². The molecule has 2 aliphatic rings. The fourth-order valence-corrected chi connectivity index (χ4v) is 4.75. The maximum Gasteiger partial charge on any atom is 0.211 e. The molecule has 2 N–H and O–H groups in total. The Bertz CT molecular complexity index is 1020. The Hall–Kier alpha value is -1.91. The summed E-state index contributed by atoms with van der Waals surface area (Å²) in [4.78, 5) is 4.55. The molecule has 146 valence electrons. The van der Waals surface area contributed by atoms with Crippen molar-refractivity contribution in [2.45, 2.75) is 37.9 Å². The van der Waals surface area contributed by atoms with E-state index in [1.807, 2.05) is 4.57 Å². The fraction of sp³-hybridized carbons (Fsp3) is 0.471. The Labute approximate surface area is 154 Å². The SMILES string of the molecule is CS(=O)(=O)N1CCn2c(nc3c2CC(N)C(c2cc(F)c(F)cc2F)C3)C1. The first-order valence-corrected chi connectivity index (χ1v) is 10.4. The molecule has 2 unspecified atom stereocenters. The summed E-state index contributed by atoms with van der Waals surface area (Å²) in [5.41, 5.74) is 7.89. The summed E-state index contributed by atoms with van der Waals surface area (Å²) in [7, 11) is -3.32. The lowest BCUT2D eigenvalue weighted by molar-refractivity contribution is 0.332. The maximum atomic E-state index is 14.2. The summed E-state index contributed by atoms with van der Waals surface area (Å²) in [6.45, 7) is 0.998. The predicted molar refractivity (Wildman–Crippen MR) is 91.9 cm³/mol. The van der Waals surface area contributed by atoms with Crippen molar-refractivity contribution in [3.8, 4) is 0 Å². The zero-order valence-electron chi connectivity index (χ0n) is 14.6. The highest BCUT2D eigenvalue weighted by Crippen LogP contribution is 2.35. The number of hydrogen-bond acceptors (Lipinski definition) is 4. The molecule has 0 bridgehead atoms. The van der Waals surface area contributed by atoms with E-state index in [-0.39, 0.29) is 18.5 Å². The second-order valence-corrected chi connectivity index (χ2v) is 9.12. The number of nitrogens with zero attached hydrogens (tertiary/aromatic N) is 3. The van der Waals surface area contributed by atoms with Gasteiger partial charge in [-0.1, -0.05) is 0 Å². The number of hydrogen-bond donors (Lipinski definition) is 1. The van der Waals surface area contributed by atoms with Crippen LogP contribution in [0, 0.1) is 17.5 Å². The van der Waals surface area contributed by atoms with E-state index in [9.17, 15) is 21.6 Å². The van der Waals surface area contributed by atoms with Crippen LogP contribution in [-0.4, -0.2) is 41.1 Å². The number of nitrogens with two attached hydrogens (primary N) is 1. The molecule has 0 saturated heterocycles. The third-order valence-electron chi connectivity index (χ3n) is 5.39. The van der Waals surface area contributed by atoms with Crippen LogP contribution in [0.4, 0.5) is 13.2 Å². The molecule has 2 heterocycles. The molecular weight excluding hydrogens is 381 g/mol. The average molecular weight is 400 g/mol. The van der Waals surface area contributed by atoms with E-state index in [1.165, 1.54) is 4.31 Å². The van der Waals surface area contributed by atoms with Crippen LogP contribution >= 0.6 is 0 Å². The smallest absolute Gasteiger partial charge is 0.211 e. The van der Waals surface area contributed by atoms with Crippen LogP contribution in [0.2, 0.25) is 0 Å². The third-order valence-corrected chi connectivity index (χ3v) is 6.64. The van der Waals surface area contributed by atoms with E-state index >= 15 is 0 Å². The van der Waals surface area contributed by atoms with Crippen molar-refractivity contribution >= 4 is 10.0 Å². The van der Waals surface area contributed by atoms with Crippen LogP contribution in [0.3, 0.4) is 0 Å². The number of aromatic nitrogens is 2. The monoisotopic (exact) mass is 400 g/mol. The topological polar surface area (TPSA) is 81.2 Å². The van der Waals surface area contributed by atoms with Crippen LogP contribution in [0.5, 0.6) is 0 Å². The maximum absolute atomic E-state index is 14.2. The number of sulfonamides is 1. The quantitative estimate of drug-likeness (QED) is 0.771. The van der Waals surface area contributed by atoms with E-state index in [4.69, 9.17) is 5.73 Å². The van der Waals surface area contributed by atoms with E-state index in [0.29, 0.717) is 37.1 Å². The van der Waals surface area contributed by atoms with Crippen molar-refractivity contribution in [3.05, 3.63) is 52.4 Å². The molecule has 4 rings (SSSR count). The molecule has 0 saturated carbocycles. The molecule has 0 amide bonds. The van der Waals surface area contributed by atoms with Gasteiger partial charge < -0.3 is 10.3 Å². The van der Waals surface area contributed by atoms with Crippen LogP contribution < -0.4 is 5.73 Å². The van der Waals surface area contributed by atoms with Gasteiger partial charge in [-0.25, -0.2) is 26.6 Å². The number of rotatable bonds is 2. The standard InChI is InChI=1S/C17H19F3N4O2S/c1-27(25,26)23-2-3-24-16-7-14(21)10(5-15(16)22-17(24)8-23)9-4-12(19)13(20)6-11(9)18/h4,6,10,14H,2-3,5,7-8,21H2,1H3. The van der Waals surface area contributed by atoms with E-state index in [1.54, 1.807) is 0 Å². The summed E-state index contributed by atoms with van der Waals surface area (Å²) in [6.07, 6.45) is 1.85. The Morgan fingerprint density at radius 2 is 1.81 bits per heavy atom. The van der Waals surface area contributed by atoms with Crippen molar-refractivity contribution in [2.24, 2.45) is 5.73 Å². The molecule has 2 atom stereocenters. The van der Waals surface area contributed by atoms with E-state index in [2.05, 4.69) is 4.98 Å². The number of fused-ring (bicyclic) bond motifs is 3. The zero-order valence-corrected chi connectivity index (χ0v) is 15.4. The molecule has 1 aromatic carbocycles. The Morgan fingerprint density at radius 3 is 2.52 bits per heavy atom. The lowest BCUT2D eigenvalue weighted by atomic mass is 9.80. The van der Waals surface area contributed by atoms with E-state index in [0.717, 1.165) is 18.0 Å². The first-order chi connectivity index (χ1) is 12.6. The number of halogens is 3. The molecule has 10 heteroatoms. The van der Waals surface area contributed by atoms with Gasteiger partial charge >= 0.3 is 0 Å². The van der Waals surface area contributed by atoms with Gasteiger partial charge in [0.1, 0.15) is 11.6 Å². The molecule has 0 spiro atoms. The summed E-state index contributed by atoms with van der Waals surface area (Å²) in [5, 5.41) is 0. The first kappa shape index (κ1) is 18.5. The molecule has 0 radical (unpaired) electrons. The normalized spacial score (nSPS) is 23.1. The van der Waals surface area contributed by atoms with Gasteiger partial charge in [0.15, 0.2) is 11.6 Å². The van der Waals surface area contributed by atoms with Gasteiger partial charge in [-0.2, -0.15) is 4.31 Å². The summed E-state index contributed by atoms with van der Waals surface area (Å²) in [5.74, 6) is -3.09. The molecule has 6 nitrogen and oxygen atoms in total. The number of imidazole rings is 1. The molecule has 27 heavy (non-hydrogen) atoms. The van der Waals surface area contributed by atoms with Crippen LogP contribution in [0.25, 0.3) is 0 Å². The molecule has 1 aliphatic carbocycles. The minimum Gasteiger partial charge on any atom is -0.329 e. The third kappa shape index (κ3) is 3.15. The fourth-order valence-electron chi connectivity index (χ4n) is 3.99.